The molecule has 2 aliphatic carbocycles. The lowest BCUT2D eigenvalue weighted by Gasteiger charge is -2.21. The zero-order chi connectivity index (χ0) is 13.1. The highest BCUT2D eigenvalue weighted by Crippen LogP contribution is 2.48. The molecule has 3 rings (SSSR count). The molecule has 106 valence electrons. The van der Waals surface area contributed by atoms with Crippen LogP contribution in [0.25, 0.3) is 0 Å². The van der Waals surface area contributed by atoms with E-state index in [0.717, 1.165) is 43.1 Å². The molecule has 1 heterocycles. The van der Waals surface area contributed by atoms with E-state index in [9.17, 15) is 0 Å². The van der Waals surface area contributed by atoms with Gasteiger partial charge in [-0.05, 0) is 37.0 Å². The first-order chi connectivity index (χ1) is 9.35. The van der Waals surface area contributed by atoms with Gasteiger partial charge in [0.1, 0.15) is 0 Å². The van der Waals surface area contributed by atoms with Crippen molar-refractivity contribution in [2.75, 3.05) is 20.3 Å². The summed E-state index contributed by atoms with van der Waals surface area (Å²) in [6.45, 7) is 3.65. The average molecular weight is 263 g/mol. The van der Waals surface area contributed by atoms with Crippen LogP contribution in [0.4, 0.5) is 0 Å². The smallest absolute Gasteiger partial charge is 0.0950 e. The first-order valence-corrected chi connectivity index (χ1v) is 7.55. The summed E-state index contributed by atoms with van der Waals surface area (Å²) in [6, 6.07) is 0. The Hall–Kier alpha value is -0.870. The third-order valence-electron chi connectivity index (χ3n) is 4.81. The summed E-state index contributed by atoms with van der Waals surface area (Å²) in [4.78, 5) is 4.48. The van der Waals surface area contributed by atoms with Gasteiger partial charge in [0.25, 0.3) is 0 Å². The molecule has 1 aromatic heterocycles. The molecule has 0 radical (unpaired) electrons. The maximum atomic E-state index is 5.01. The molecule has 0 spiro atoms. The van der Waals surface area contributed by atoms with E-state index in [1.54, 1.807) is 7.11 Å². The van der Waals surface area contributed by atoms with E-state index < -0.39 is 0 Å². The number of nitrogens with zero attached hydrogens (tertiary/aromatic N) is 2. The van der Waals surface area contributed by atoms with Crippen LogP contribution < -0.4 is 5.32 Å². The second kappa shape index (κ2) is 6.06. The van der Waals surface area contributed by atoms with Gasteiger partial charge >= 0.3 is 0 Å². The zero-order valence-electron chi connectivity index (χ0n) is 11.8. The maximum absolute atomic E-state index is 5.01. The van der Waals surface area contributed by atoms with Crippen LogP contribution in [-0.2, 0) is 17.8 Å². The van der Waals surface area contributed by atoms with Crippen LogP contribution in [0.1, 0.15) is 31.4 Å². The van der Waals surface area contributed by atoms with Crippen molar-refractivity contribution in [2.24, 2.45) is 17.8 Å². The van der Waals surface area contributed by atoms with E-state index in [1.807, 2.05) is 6.33 Å². The number of imidazole rings is 1. The fraction of sp³-hybridized carbons (Fsp3) is 0.800. The van der Waals surface area contributed by atoms with E-state index in [-0.39, 0.29) is 0 Å². The number of nitrogens with one attached hydrogen (secondary N) is 1. The largest absolute Gasteiger partial charge is 0.383 e. The number of rotatable bonds is 7. The van der Waals surface area contributed by atoms with E-state index in [2.05, 4.69) is 21.1 Å². The molecule has 0 amide bonds. The van der Waals surface area contributed by atoms with Gasteiger partial charge in [-0.25, -0.2) is 4.98 Å². The molecule has 4 heteroatoms. The lowest BCUT2D eigenvalue weighted by Crippen LogP contribution is -2.19. The summed E-state index contributed by atoms with van der Waals surface area (Å²) in [5, 5.41) is 3.34. The summed E-state index contributed by atoms with van der Waals surface area (Å²) in [6.07, 6.45) is 10.1. The molecule has 3 atom stereocenters. The summed E-state index contributed by atoms with van der Waals surface area (Å²) in [5.41, 5.74) is 1.14. The first-order valence-electron chi connectivity index (χ1n) is 7.55. The van der Waals surface area contributed by atoms with Gasteiger partial charge in [-0.1, -0.05) is 6.42 Å². The Kier molecular flexibility index (Phi) is 4.18. The second-order valence-corrected chi connectivity index (χ2v) is 6.17. The predicted octanol–water partition coefficient (Wildman–Crippen LogP) is 2.06. The molecule has 3 unspecified atom stereocenters. The molecule has 0 saturated heterocycles. The minimum Gasteiger partial charge on any atom is -0.383 e. The molecule has 0 aromatic carbocycles. The fourth-order valence-electron chi connectivity index (χ4n) is 3.86. The lowest BCUT2D eigenvalue weighted by molar-refractivity contribution is 0.199. The van der Waals surface area contributed by atoms with Crippen LogP contribution in [0.2, 0.25) is 0 Å². The van der Waals surface area contributed by atoms with Gasteiger partial charge in [0.2, 0.25) is 0 Å². The number of ether oxygens (including phenoxy) is 1. The summed E-state index contributed by atoms with van der Waals surface area (Å²) < 4.78 is 7.30. The molecule has 1 N–H and O–H groups in total. The van der Waals surface area contributed by atoms with Crippen molar-refractivity contribution in [3.8, 4) is 0 Å². The molecule has 4 nitrogen and oxygen atoms in total. The predicted molar refractivity (Wildman–Crippen MR) is 74.7 cm³/mol. The van der Waals surface area contributed by atoms with E-state index in [1.165, 1.54) is 32.2 Å². The first kappa shape index (κ1) is 13.1. The standard InChI is InChI=1S/C15H25N3O/c1-19-5-4-16-8-15-10-18(11-17-15)9-14-7-12-2-3-13(14)6-12/h10-14,16H,2-9H2,1H3. The van der Waals surface area contributed by atoms with Gasteiger partial charge in [-0.2, -0.15) is 0 Å². The molecule has 2 fully saturated rings. The molecule has 2 saturated carbocycles. The van der Waals surface area contributed by atoms with Crippen LogP contribution >= 0.6 is 0 Å². The van der Waals surface area contributed by atoms with Crippen LogP contribution in [0.5, 0.6) is 0 Å². The number of methoxy groups -OCH3 is 1. The molecular formula is C15H25N3O. The Labute approximate surface area is 115 Å². The van der Waals surface area contributed by atoms with Gasteiger partial charge < -0.3 is 14.6 Å². The minimum absolute atomic E-state index is 0.756. The van der Waals surface area contributed by atoms with Gasteiger partial charge in [0, 0.05) is 32.9 Å². The van der Waals surface area contributed by atoms with Crippen molar-refractivity contribution in [3.63, 3.8) is 0 Å². The SMILES string of the molecule is COCCNCc1cn(CC2CC3CCC2C3)cn1. The number of hydrogen-bond acceptors (Lipinski definition) is 3. The Morgan fingerprint density at radius 3 is 3.11 bits per heavy atom. The maximum Gasteiger partial charge on any atom is 0.0950 e. The number of aromatic nitrogens is 2. The second-order valence-electron chi connectivity index (χ2n) is 6.17. The van der Waals surface area contributed by atoms with Gasteiger partial charge in [-0.15, -0.1) is 0 Å². The molecule has 0 aliphatic heterocycles. The molecule has 19 heavy (non-hydrogen) atoms. The molecule has 2 bridgehead atoms. The minimum atomic E-state index is 0.756. The van der Waals surface area contributed by atoms with Crippen molar-refractivity contribution in [3.05, 3.63) is 18.2 Å². The van der Waals surface area contributed by atoms with E-state index in [4.69, 9.17) is 4.74 Å². The molecule has 1 aromatic rings. The zero-order valence-corrected chi connectivity index (χ0v) is 11.8. The van der Waals surface area contributed by atoms with Crippen LogP contribution in [0.3, 0.4) is 0 Å². The summed E-state index contributed by atoms with van der Waals surface area (Å²) in [7, 11) is 1.73. The Bertz CT molecular complexity index is 404. The average Bonchev–Trinajstić information content (AvgIpc) is 3.11. The van der Waals surface area contributed by atoms with Crippen molar-refractivity contribution in [1.29, 1.82) is 0 Å². The monoisotopic (exact) mass is 263 g/mol. The Morgan fingerprint density at radius 2 is 2.37 bits per heavy atom. The highest BCUT2D eigenvalue weighted by atomic mass is 16.5. The normalized spacial score (nSPS) is 29.2. The third-order valence-corrected chi connectivity index (χ3v) is 4.81. The summed E-state index contributed by atoms with van der Waals surface area (Å²) in [5.74, 6) is 2.94. The van der Waals surface area contributed by atoms with Crippen molar-refractivity contribution in [2.45, 2.75) is 38.8 Å². The highest BCUT2D eigenvalue weighted by molar-refractivity contribution is 4.98. The van der Waals surface area contributed by atoms with E-state index >= 15 is 0 Å². The number of hydrogen-bond donors (Lipinski definition) is 1. The van der Waals surface area contributed by atoms with Gasteiger partial charge in [0.05, 0.1) is 18.6 Å². The van der Waals surface area contributed by atoms with Crippen molar-refractivity contribution >= 4 is 0 Å². The van der Waals surface area contributed by atoms with Crippen LogP contribution in [0.15, 0.2) is 12.5 Å². The quantitative estimate of drug-likeness (QED) is 0.765. The Morgan fingerprint density at radius 1 is 1.42 bits per heavy atom. The van der Waals surface area contributed by atoms with Crippen molar-refractivity contribution < 1.29 is 4.74 Å². The molecular weight excluding hydrogens is 238 g/mol. The highest BCUT2D eigenvalue weighted by Gasteiger charge is 2.39. The van der Waals surface area contributed by atoms with Crippen LogP contribution in [0, 0.1) is 17.8 Å². The Balaban J connectivity index is 1.45. The van der Waals surface area contributed by atoms with Gasteiger partial charge in [0.15, 0.2) is 0 Å². The number of fused-ring (bicyclic) bond motifs is 2. The van der Waals surface area contributed by atoms with Gasteiger partial charge in [-0.3, -0.25) is 0 Å². The topological polar surface area (TPSA) is 39.1 Å². The molecule has 2 aliphatic rings. The lowest BCUT2D eigenvalue weighted by atomic mass is 9.89. The van der Waals surface area contributed by atoms with Crippen LogP contribution in [-0.4, -0.2) is 29.8 Å². The van der Waals surface area contributed by atoms with Crippen molar-refractivity contribution in [1.82, 2.24) is 14.9 Å². The summed E-state index contributed by atoms with van der Waals surface area (Å²) >= 11 is 0. The van der Waals surface area contributed by atoms with E-state index in [0.29, 0.717) is 0 Å². The third kappa shape index (κ3) is 3.18. The fourth-order valence-corrected chi connectivity index (χ4v) is 3.86.